The zero-order valence-electron chi connectivity index (χ0n) is 15.7. The Morgan fingerprint density at radius 3 is 2.48 bits per heavy atom. The van der Waals surface area contributed by atoms with Crippen LogP contribution in [0.4, 0.5) is 17.1 Å². The summed E-state index contributed by atoms with van der Waals surface area (Å²) in [6.45, 7) is 3.86. The van der Waals surface area contributed by atoms with Crippen LogP contribution < -0.4 is 0 Å². The fourth-order valence-electron chi connectivity index (χ4n) is 2.93. The first kappa shape index (κ1) is 20.4. The predicted molar refractivity (Wildman–Crippen MR) is 107 cm³/mol. The van der Waals surface area contributed by atoms with Crippen LogP contribution in [-0.2, 0) is 10.0 Å². The Morgan fingerprint density at radius 1 is 1.14 bits per heavy atom. The van der Waals surface area contributed by atoms with Gasteiger partial charge in [-0.25, -0.2) is 8.42 Å². The van der Waals surface area contributed by atoms with Gasteiger partial charge >= 0.3 is 0 Å². The van der Waals surface area contributed by atoms with Gasteiger partial charge in [0.15, 0.2) is 11.4 Å². The molecule has 11 heteroatoms. The van der Waals surface area contributed by atoms with Crippen LogP contribution in [0, 0.1) is 10.1 Å². The average molecular weight is 417 g/mol. The van der Waals surface area contributed by atoms with Crippen molar-refractivity contribution in [2.24, 2.45) is 10.2 Å². The smallest absolute Gasteiger partial charge is 0.298 e. The number of azo groups is 1. The Balaban J connectivity index is 2.05. The first-order valence-electron chi connectivity index (χ1n) is 8.79. The zero-order chi connectivity index (χ0) is 21.2. The third-order valence-corrected chi connectivity index (χ3v) is 6.45. The van der Waals surface area contributed by atoms with E-state index in [0.29, 0.717) is 10.9 Å². The molecule has 0 unspecified atom stereocenters. The highest BCUT2D eigenvalue weighted by Gasteiger charge is 2.26. The number of aromatic amines is 1. The van der Waals surface area contributed by atoms with Gasteiger partial charge in [-0.3, -0.25) is 10.1 Å². The van der Waals surface area contributed by atoms with Gasteiger partial charge in [0.1, 0.15) is 0 Å². The number of nitrogens with one attached hydrogen (secondary N) is 1. The number of nitro groups is 1. The lowest BCUT2D eigenvalue weighted by molar-refractivity contribution is -0.384. The number of aromatic nitrogens is 1. The van der Waals surface area contributed by atoms with Gasteiger partial charge in [0, 0.05) is 24.5 Å². The zero-order valence-corrected chi connectivity index (χ0v) is 16.5. The Kier molecular flexibility index (Phi) is 5.62. The molecule has 29 heavy (non-hydrogen) atoms. The summed E-state index contributed by atoms with van der Waals surface area (Å²) in [6, 6.07) is 10.4. The highest BCUT2D eigenvalue weighted by atomic mass is 32.2. The maximum absolute atomic E-state index is 12.6. The molecule has 0 bridgehead atoms. The SMILES string of the molecule is CCN(CC)S(=O)(=O)c1ccc(N=Nc2c(O)[nH]c3ccccc23)c([N+](=O)[O-])c1. The number of benzene rings is 2. The summed E-state index contributed by atoms with van der Waals surface area (Å²) >= 11 is 0. The lowest BCUT2D eigenvalue weighted by atomic mass is 10.2. The number of hydrogen-bond donors (Lipinski definition) is 2. The minimum absolute atomic E-state index is 0.127. The molecule has 10 nitrogen and oxygen atoms in total. The summed E-state index contributed by atoms with van der Waals surface area (Å²) in [7, 11) is -3.86. The molecule has 0 spiro atoms. The first-order chi connectivity index (χ1) is 13.8. The third kappa shape index (κ3) is 3.82. The van der Waals surface area contributed by atoms with Gasteiger partial charge in [-0.2, -0.15) is 4.31 Å². The lowest BCUT2D eigenvalue weighted by Crippen LogP contribution is -2.30. The van der Waals surface area contributed by atoms with Crippen LogP contribution in [0.2, 0.25) is 0 Å². The molecule has 0 fully saturated rings. The van der Waals surface area contributed by atoms with E-state index in [9.17, 15) is 23.6 Å². The minimum Gasteiger partial charge on any atom is -0.493 e. The highest BCUT2D eigenvalue weighted by Crippen LogP contribution is 2.38. The summed E-state index contributed by atoms with van der Waals surface area (Å²) < 4.78 is 26.5. The number of nitro benzene ring substituents is 1. The molecular formula is C18H19N5O5S. The largest absolute Gasteiger partial charge is 0.493 e. The number of rotatable bonds is 7. The lowest BCUT2D eigenvalue weighted by Gasteiger charge is -2.18. The van der Waals surface area contributed by atoms with E-state index in [1.165, 1.54) is 16.4 Å². The van der Waals surface area contributed by atoms with Crippen molar-refractivity contribution in [3.8, 4) is 5.88 Å². The summed E-state index contributed by atoms with van der Waals surface area (Å²) in [4.78, 5) is 13.3. The van der Waals surface area contributed by atoms with E-state index in [0.717, 1.165) is 6.07 Å². The molecule has 1 aromatic heterocycles. The molecule has 2 aromatic carbocycles. The predicted octanol–water partition coefficient (Wildman–Crippen LogP) is 4.23. The van der Waals surface area contributed by atoms with Crippen LogP contribution in [0.15, 0.2) is 57.6 Å². The van der Waals surface area contributed by atoms with Crippen LogP contribution in [0.3, 0.4) is 0 Å². The Morgan fingerprint density at radius 2 is 1.83 bits per heavy atom. The highest BCUT2D eigenvalue weighted by molar-refractivity contribution is 7.89. The van der Waals surface area contributed by atoms with Crippen molar-refractivity contribution in [1.29, 1.82) is 0 Å². The molecule has 0 aliphatic carbocycles. The van der Waals surface area contributed by atoms with E-state index < -0.39 is 20.6 Å². The van der Waals surface area contributed by atoms with Crippen molar-refractivity contribution in [1.82, 2.24) is 9.29 Å². The maximum atomic E-state index is 12.6. The van der Waals surface area contributed by atoms with Gasteiger partial charge in [0.25, 0.3) is 5.69 Å². The van der Waals surface area contributed by atoms with Crippen LogP contribution in [0.25, 0.3) is 10.9 Å². The molecule has 3 aromatic rings. The van der Waals surface area contributed by atoms with Crippen molar-refractivity contribution in [3.05, 3.63) is 52.6 Å². The standard InChI is InChI=1S/C18H19N5O5S/c1-3-22(4-2)29(27,28)12-9-10-15(16(11-12)23(25)26)20-21-17-13-7-5-6-8-14(13)19-18(17)24/h5-11,19,24H,3-4H2,1-2H3. The van der Waals surface area contributed by atoms with Gasteiger partial charge in [0.2, 0.25) is 15.9 Å². The van der Waals surface area contributed by atoms with Crippen molar-refractivity contribution in [3.63, 3.8) is 0 Å². The van der Waals surface area contributed by atoms with Crippen molar-refractivity contribution < 1.29 is 18.4 Å². The topological polar surface area (TPSA) is 141 Å². The molecule has 0 amide bonds. The third-order valence-electron chi connectivity index (χ3n) is 4.40. The molecular weight excluding hydrogens is 398 g/mol. The molecule has 152 valence electrons. The van der Waals surface area contributed by atoms with Crippen molar-refractivity contribution >= 4 is 38.0 Å². The number of fused-ring (bicyclic) bond motifs is 1. The number of hydrogen-bond acceptors (Lipinski definition) is 7. The number of nitrogens with zero attached hydrogens (tertiary/aromatic N) is 4. The summed E-state index contributed by atoms with van der Waals surface area (Å²) in [6.07, 6.45) is 0. The monoisotopic (exact) mass is 417 g/mol. The van der Waals surface area contributed by atoms with E-state index in [2.05, 4.69) is 15.2 Å². The van der Waals surface area contributed by atoms with E-state index in [1.807, 2.05) is 0 Å². The van der Waals surface area contributed by atoms with Crippen LogP contribution >= 0.6 is 0 Å². The van der Waals surface area contributed by atoms with Crippen molar-refractivity contribution in [2.75, 3.05) is 13.1 Å². The minimum atomic E-state index is -3.86. The average Bonchev–Trinajstić information content (AvgIpc) is 3.01. The molecule has 0 atom stereocenters. The summed E-state index contributed by atoms with van der Waals surface area (Å²) in [5, 5.41) is 29.9. The van der Waals surface area contributed by atoms with E-state index in [4.69, 9.17) is 0 Å². The molecule has 0 aliphatic rings. The molecule has 0 saturated heterocycles. The number of aromatic hydroxyl groups is 1. The van der Waals surface area contributed by atoms with Gasteiger partial charge in [-0.1, -0.05) is 32.0 Å². The Hall–Kier alpha value is -3.31. The molecule has 0 saturated carbocycles. The second-order valence-electron chi connectivity index (χ2n) is 6.06. The molecule has 1 heterocycles. The van der Waals surface area contributed by atoms with E-state index >= 15 is 0 Å². The molecule has 0 radical (unpaired) electrons. The van der Waals surface area contributed by atoms with Crippen molar-refractivity contribution in [2.45, 2.75) is 18.7 Å². The summed E-state index contributed by atoms with van der Waals surface area (Å²) in [5.41, 5.74) is 0.142. The van der Waals surface area contributed by atoms with E-state index in [1.54, 1.807) is 38.1 Å². The van der Waals surface area contributed by atoms with Crippen LogP contribution in [0.1, 0.15) is 13.8 Å². The molecule has 2 N–H and O–H groups in total. The van der Waals surface area contributed by atoms with Gasteiger partial charge in [-0.05, 0) is 18.2 Å². The fourth-order valence-corrected chi connectivity index (χ4v) is 4.40. The van der Waals surface area contributed by atoms with Crippen LogP contribution in [0.5, 0.6) is 5.88 Å². The van der Waals surface area contributed by atoms with Gasteiger partial charge < -0.3 is 10.1 Å². The maximum Gasteiger partial charge on any atom is 0.298 e. The number of H-pyrrole nitrogens is 1. The second-order valence-corrected chi connectivity index (χ2v) is 8.00. The first-order valence-corrected chi connectivity index (χ1v) is 10.2. The number of sulfonamides is 1. The quantitative estimate of drug-likeness (QED) is 0.336. The summed E-state index contributed by atoms with van der Waals surface area (Å²) in [5.74, 6) is -0.224. The Bertz CT molecular complexity index is 1200. The van der Waals surface area contributed by atoms with E-state index in [-0.39, 0.29) is 35.2 Å². The normalized spacial score (nSPS) is 12.2. The van der Waals surface area contributed by atoms with Gasteiger partial charge in [-0.15, -0.1) is 10.2 Å². The van der Waals surface area contributed by atoms with Crippen LogP contribution in [-0.4, -0.2) is 40.8 Å². The molecule has 3 rings (SSSR count). The number of para-hydroxylation sites is 1. The second kappa shape index (κ2) is 7.97. The molecule has 0 aliphatic heterocycles. The van der Waals surface area contributed by atoms with Gasteiger partial charge in [0.05, 0.1) is 15.3 Å². The fraction of sp³-hybridized carbons (Fsp3) is 0.222. The Labute approximate surface area is 166 Å².